The number of oxime groups is 1. The summed E-state index contributed by atoms with van der Waals surface area (Å²) in [6.07, 6.45) is 0. The van der Waals surface area contributed by atoms with Gasteiger partial charge in [0.25, 0.3) is 0 Å². The molecule has 0 heterocycles. The van der Waals surface area contributed by atoms with E-state index in [1.165, 1.54) is 0 Å². The summed E-state index contributed by atoms with van der Waals surface area (Å²) in [5, 5.41) is 11.9. The van der Waals surface area contributed by atoms with Crippen molar-refractivity contribution in [3.8, 4) is 0 Å². The molecule has 0 aromatic heterocycles. The average Bonchev–Trinajstić information content (AvgIpc) is 2.46. The summed E-state index contributed by atoms with van der Waals surface area (Å²) in [6, 6.07) is 19.5. The number of rotatable bonds is 3. The number of hydrogen-bond donors (Lipinski definition) is 2. The molecule has 0 radical (unpaired) electrons. The number of nitrogens with zero attached hydrogens (tertiary/aromatic N) is 2. The van der Waals surface area contributed by atoms with Gasteiger partial charge in [-0.05, 0) is 17.7 Å². The van der Waals surface area contributed by atoms with Crippen LogP contribution in [0, 0.1) is 0 Å². The van der Waals surface area contributed by atoms with Crippen molar-refractivity contribution in [3.63, 3.8) is 0 Å². The molecule has 2 aromatic carbocycles. The van der Waals surface area contributed by atoms with E-state index in [9.17, 15) is 0 Å². The second kappa shape index (κ2) is 5.72. The highest BCUT2D eigenvalue weighted by atomic mass is 16.4. The molecule has 4 heteroatoms. The third kappa shape index (κ3) is 2.79. The zero-order chi connectivity index (χ0) is 12.8. The number of guanidine groups is 1. The molecule has 0 aliphatic heterocycles. The molecule has 92 valence electrons. The Labute approximate surface area is 106 Å². The first-order chi connectivity index (χ1) is 8.81. The molecule has 0 unspecified atom stereocenters. The van der Waals surface area contributed by atoms with Crippen LogP contribution in [0.15, 0.2) is 65.8 Å². The normalized spacial score (nSPS) is 11.2. The second-order valence-corrected chi connectivity index (χ2v) is 3.87. The van der Waals surface area contributed by atoms with Crippen LogP contribution in [0.25, 0.3) is 0 Å². The predicted octanol–water partition coefficient (Wildman–Crippen LogP) is 2.40. The summed E-state index contributed by atoms with van der Waals surface area (Å²) >= 11 is 0. The molecule has 2 aromatic rings. The number of para-hydroxylation sites is 1. The molecule has 0 saturated heterocycles. The Balaban J connectivity index is 2.27. The van der Waals surface area contributed by atoms with Crippen LogP contribution < -0.4 is 10.6 Å². The summed E-state index contributed by atoms with van der Waals surface area (Å²) in [6.45, 7) is 0.556. The van der Waals surface area contributed by atoms with Gasteiger partial charge in [-0.1, -0.05) is 53.7 Å². The highest BCUT2D eigenvalue weighted by Gasteiger charge is 2.11. The fraction of sp³-hybridized carbons (Fsp3) is 0.0714. The molecule has 0 saturated carbocycles. The number of anilines is 1. The Kier molecular flexibility index (Phi) is 3.81. The minimum absolute atomic E-state index is 0.0741. The standard InChI is InChI=1S/C14H15N3O/c15-14(16-18)17(13-9-5-2-6-10-13)11-12-7-3-1-4-8-12/h1-10,18H,11H2,(H2,15,16). The molecular weight excluding hydrogens is 226 g/mol. The maximum absolute atomic E-state index is 8.87. The van der Waals surface area contributed by atoms with Gasteiger partial charge in [-0.3, -0.25) is 0 Å². The van der Waals surface area contributed by atoms with Crippen LogP contribution in [0.3, 0.4) is 0 Å². The van der Waals surface area contributed by atoms with Gasteiger partial charge in [-0.2, -0.15) is 0 Å². The van der Waals surface area contributed by atoms with E-state index >= 15 is 0 Å². The highest BCUT2D eigenvalue weighted by Crippen LogP contribution is 2.16. The van der Waals surface area contributed by atoms with E-state index in [4.69, 9.17) is 10.9 Å². The maximum atomic E-state index is 8.87. The highest BCUT2D eigenvalue weighted by molar-refractivity contribution is 5.94. The first-order valence-corrected chi connectivity index (χ1v) is 5.65. The number of benzene rings is 2. The third-order valence-electron chi connectivity index (χ3n) is 2.63. The zero-order valence-electron chi connectivity index (χ0n) is 9.90. The molecule has 18 heavy (non-hydrogen) atoms. The minimum Gasteiger partial charge on any atom is -0.408 e. The van der Waals surface area contributed by atoms with Gasteiger partial charge in [0, 0.05) is 5.69 Å². The average molecular weight is 241 g/mol. The molecular formula is C14H15N3O. The van der Waals surface area contributed by atoms with Crippen molar-refractivity contribution in [2.24, 2.45) is 10.9 Å². The lowest BCUT2D eigenvalue weighted by atomic mass is 10.2. The van der Waals surface area contributed by atoms with Crippen LogP contribution in [0.4, 0.5) is 5.69 Å². The van der Waals surface area contributed by atoms with Gasteiger partial charge in [0.15, 0.2) is 0 Å². The zero-order valence-corrected chi connectivity index (χ0v) is 9.90. The molecule has 0 spiro atoms. The van der Waals surface area contributed by atoms with Crippen molar-refractivity contribution >= 4 is 11.6 Å². The summed E-state index contributed by atoms with van der Waals surface area (Å²) in [4.78, 5) is 1.75. The molecule has 0 amide bonds. The van der Waals surface area contributed by atoms with E-state index in [1.807, 2.05) is 60.7 Å². The molecule has 0 atom stereocenters. The van der Waals surface area contributed by atoms with Crippen molar-refractivity contribution in [3.05, 3.63) is 66.2 Å². The van der Waals surface area contributed by atoms with Crippen LogP contribution in [0.5, 0.6) is 0 Å². The molecule has 4 nitrogen and oxygen atoms in total. The smallest absolute Gasteiger partial charge is 0.238 e. The van der Waals surface area contributed by atoms with Crippen LogP contribution >= 0.6 is 0 Å². The summed E-state index contributed by atoms with van der Waals surface area (Å²) in [5.41, 5.74) is 7.70. The Morgan fingerprint density at radius 2 is 1.56 bits per heavy atom. The lowest BCUT2D eigenvalue weighted by Crippen LogP contribution is -2.36. The predicted molar refractivity (Wildman–Crippen MR) is 72.5 cm³/mol. The Morgan fingerprint density at radius 3 is 2.11 bits per heavy atom. The van der Waals surface area contributed by atoms with Crippen molar-refractivity contribution in [2.75, 3.05) is 4.90 Å². The van der Waals surface area contributed by atoms with Crippen LogP contribution in [0.1, 0.15) is 5.56 Å². The Morgan fingerprint density at radius 1 is 1.00 bits per heavy atom. The molecule has 2 rings (SSSR count). The van der Waals surface area contributed by atoms with Crippen molar-refractivity contribution in [2.45, 2.75) is 6.54 Å². The van der Waals surface area contributed by atoms with Gasteiger partial charge in [-0.25, -0.2) is 0 Å². The van der Waals surface area contributed by atoms with Gasteiger partial charge in [0.1, 0.15) is 0 Å². The van der Waals surface area contributed by atoms with E-state index in [-0.39, 0.29) is 5.96 Å². The fourth-order valence-corrected chi connectivity index (χ4v) is 1.73. The van der Waals surface area contributed by atoms with Crippen molar-refractivity contribution in [1.82, 2.24) is 0 Å². The van der Waals surface area contributed by atoms with E-state index in [0.717, 1.165) is 11.3 Å². The summed E-state index contributed by atoms with van der Waals surface area (Å²) in [5.74, 6) is 0.0741. The summed E-state index contributed by atoms with van der Waals surface area (Å²) < 4.78 is 0. The van der Waals surface area contributed by atoms with Gasteiger partial charge < -0.3 is 15.8 Å². The van der Waals surface area contributed by atoms with E-state index in [2.05, 4.69) is 5.16 Å². The minimum atomic E-state index is 0.0741. The quantitative estimate of drug-likeness (QED) is 0.375. The Hall–Kier alpha value is -2.49. The molecule has 0 fully saturated rings. The van der Waals surface area contributed by atoms with Gasteiger partial charge in [0.2, 0.25) is 5.96 Å². The van der Waals surface area contributed by atoms with E-state index in [1.54, 1.807) is 4.90 Å². The van der Waals surface area contributed by atoms with Gasteiger partial charge in [0.05, 0.1) is 6.54 Å². The monoisotopic (exact) mass is 241 g/mol. The van der Waals surface area contributed by atoms with Crippen LogP contribution in [0.2, 0.25) is 0 Å². The summed E-state index contributed by atoms with van der Waals surface area (Å²) in [7, 11) is 0. The first-order valence-electron chi connectivity index (χ1n) is 5.65. The third-order valence-corrected chi connectivity index (χ3v) is 2.63. The second-order valence-electron chi connectivity index (χ2n) is 3.87. The molecule has 0 aliphatic carbocycles. The SMILES string of the molecule is NC(=NO)N(Cc1ccccc1)c1ccccc1. The fourth-order valence-electron chi connectivity index (χ4n) is 1.73. The van der Waals surface area contributed by atoms with Gasteiger partial charge >= 0.3 is 0 Å². The lowest BCUT2D eigenvalue weighted by Gasteiger charge is -2.22. The largest absolute Gasteiger partial charge is 0.408 e. The van der Waals surface area contributed by atoms with Gasteiger partial charge in [-0.15, -0.1) is 0 Å². The molecule has 0 aliphatic rings. The molecule has 3 N–H and O–H groups in total. The maximum Gasteiger partial charge on any atom is 0.238 e. The molecule has 0 bridgehead atoms. The Bertz CT molecular complexity index is 511. The first kappa shape index (κ1) is 12.0. The number of nitrogens with two attached hydrogens (primary N) is 1. The van der Waals surface area contributed by atoms with Crippen molar-refractivity contribution < 1.29 is 5.21 Å². The van der Waals surface area contributed by atoms with E-state index in [0.29, 0.717) is 6.54 Å². The lowest BCUT2D eigenvalue weighted by molar-refractivity contribution is 0.317. The van der Waals surface area contributed by atoms with E-state index < -0.39 is 0 Å². The number of hydrogen-bond acceptors (Lipinski definition) is 2. The van der Waals surface area contributed by atoms with Crippen LogP contribution in [-0.4, -0.2) is 11.2 Å². The topological polar surface area (TPSA) is 61.9 Å². The van der Waals surface area contributed by atoms with Crippen molar-refractivity contribution in [1.29, 1.82) is 0 Å². The van der Waals surface area contributed by atoms with Crippen LogP contribution in [-0.2, 0) is 6.54 Å².